The second kappa shape index (κ2) is 7.00. The van der Waals surface area contributed by atoms with Crippen LogP contribution in [0.25, 0.3) is 10.8 Å². The summed E-state index contributed by atoms with van der Waals surface area (Å²) in [5.74, 6) is -1.58. The predicted molar refractivity (Wildman–Crippen MR) is 85.2 cm³/mol. The molecule has 0 atom stereocenters. The Hall–Kier alpha value is -2.76. The molecule has 0 saturated heterocycles. The lowest BCUT2D eigenvalue weighted by Crippen LogP contribution is -2.21. The molecular formula is C17H17NO5. The number of ether oxygens (including phenoxy) is 1. The van der Waals surface area contributed by atoms with Gasteiger partial charge in [0.15, 0.2) is 0 Å². The minimum Gasteiger partial charge on any atom is -0.457 e. The summed E-state index contributed by atoms with van der Waals surface area (Å²) in [4.78, 5) is 34.1. The summed E-state index contributed by atoms with van der Waals surface area (Å²) in [5, 5.41) is 12.8. The number of hydrogen-bond donors (Lipinski definition) is 0. The summed E-state index contributed by atoms with van der Waals surface area (Å²) < 4.78 is 4.84. The third-order valence-electron chi connectivity index (χ3n) is 3.39. The van der Waals surface area contributed by atoms with Gasteiger partial charge in [0.25, 0.3) is 5.69 Å². The predicted octanol–water partition coefficient (Wildman–Crippen LogP) is 3.20. The number of hydrogen-bond acceptors (Lipinski definition) is 5. The maximum atomic E-state index is 11.8. The number of carbonyl (C=O) groups excluding carboxylic acids is 2. The van der Waals surface area contributed by atoms with Crippen LogP contribution in [0.1, 0.15) is 25.8 Å². The molecule has 6 nitrogen and oxygen atoms in total. The lowest BCUT2D eigenvalue weighted by atomic mass is 9.98. The largest absolute Gasteiger partial charge is 0.457 e. The minimum absolute atomic E-state index is 0.0475. The summed E-state index contributed by atoms with van der Waals surface area (Å²) >= 11 is 0. The number of Topliss-reactive ketones (excluding diaryl/α,β-unsaturated/α-hetero) is 1. The summed E-state index contributed by atoms with van der Waals surface area (Å²) in [7, 11) is 0. The second-order valence-corrected chi connectivity index (χ2v) is 5.42. The number of rotatable bonds is 6. The summed E-state index contributed by atoms with van der Waals surface area (Å²) in [6.45, 7) is 3.31. The Kier molecular flexibility index (Phi) is 5.05. The van der Waals surface area contributed by atoms with Crippen LogP contribution in [-0.4, -0.2) is 22.8 Å². The Morgan fingerprint density at radius 3 is 2.52 bits per heavy atom. The first-order valence-corrected chi connectivity index (χ1v) is 7.29. The van der Waals surface area contributed by atoms with Gasteiger partial charge in [-0.15, -0.1) is 0 Å². The number of nitro groups is 1. The highest BCUT2D eigenvalue weighted by atomic mass is 16.6. The van der Waals surface area contributed by atoms with Gasteiger partial charge in [0.05, 0.1) is 11.0 Å². The van der Waals surface area contributed by atoms with E-state index in [1.54, 1.807) is 32.0 Å². The molecule has 0 aromatic heterocycles. The summed E-state index contributed by atoms with van der Waals surface area (Å²) in [6.07, 6.45) is -0.386. The second-order valence-electron chi connectivity index (χ2n) is 5.42. The van der Waals surface area contributed by atoms with E-state index in [9.17, 15) is 19.7 Å². The maximum absolute atomic E-state index is 11.8. The molecular weight excluding hydrogens is 298 g/mol. The first-order valence-electron chi connectivity index (χ1n) is 7.29. The normalized spacial score (nSPS) is 10.7. The van der Waals surface area contributed by atoms with Crippen molar-refractivity contribution < 1.29 is 19.2 Å². The number of fused-ring (bicyclic) bond motifs is 1. The number of nitrogens with zero attached hydrogens (tertiary/aromatic N) is 1. The summed E-state index contributed by atoms with van der Waals surface area (Å²) in [5.41, 5.74) is 0.410. The van der Waals surface area contributed by atoms with Crippen molar-refractivity contribution in [1.29, 1.82) is 0 Å². The minimum atomic E-state index is -0.900. The third-order valence-corrected chi connectivity index (χ3v) is 3.39. The molecule has 23 heavy (non-hydrogen) atoms. The standard InChI is InChI=1S/C17H17NO5/c1-11(2)23-17(20)16(19)10-8-14-13-6-4-3-5-12(13)7-9-15(14)18(21)22/h3-7,9,11H,8,10H2,1-2H3. The molecule has 120 valence electrons. The molecule has 0 heterocycles. The summed E-state index contributed by atoms with van der Waals surface area (Å²) in [6, 6.07) is 10.3. The van der Waals surface area contributed by atoms with Crippen molar-refractivity contribution in [1.82, 2.24) is 0 Å². The van der Waals surface area contributed by atoms with E-state index < -0.39 is 16.7 Å². The van der Waals surface area contributed by atoms with Crippen LogP contribution in [0.3, 0.4) is 0 Å². The van der Waals surface area contributed by atoms with Gasteiger partial charge in [0, 0.05) is 18.1 Å². The Bertz CT molecular complexity index is 767. The molecule has 0 saturated carbocycles. The first-order chi connectivity index (χ1) is 10.9. The van der Waals surface area contributed by atoms with Crippen molar-refractivity contribution in [3.05, 3.63) is 52.1 Å². The highest BCUT2D eigenvalue weighted by Gasteiger charge is 2.21. The third kappa shape index (κ3) is 3.91. The van der Waals surface area contributed by atoms with E-state index in [2.05, 4.69) is 0 Å². The van der Waals surface area contributed by atoms with E-state index in [4.69, 9.17) is 4.74 Å². The Labute approximate surface area is 133 Å². The van der Waals surface area contributed by atoms with Crippen molar-refractivity contribution in [2.45, 2.75) is 32.8 Å². The van der Waals surface area contributed by atoms with Crippen LogP contribution in [0.15, 0.2) is 36.4 Å². The Balaban J connectivity index is 2.28. The lowest BCUT2D eigenvalue weighted by Gasteiger charge is -2.09. The van der Waals surface area contributed by atoms with Gasteiger partial charge in [-0.2, -0.15) is 0 Å². The molecule has 2 aromatic carbocycles. The SMILES string of the molecule is CC(C)OC(=O)C(=O)CCc1c([N+](=O)[O-])ccc2ccccc12. The zero-order valence-electron chi connectivity index (χ0n) is 12.9. The molecule has 0 aliphatic heterocycles. The molecule has 2 aromatic rings. The monoisotopic (exact) mass is 315 g/mol. The number of benzene rings is 2. The molecule has 0 fully saturated rings. The van der Waals surface area contributed by atoms with E-state index in [-0.39, 0.29) is 24.6 Å². The number of ketones is 1. The molecule has 0 unspecified atom stereocenters. The molecule has 0 aliphatic rings. The van der Waals surface area contributed by atoms with Crippen molar-refractivity contribution in [2.75, 3.05) is 0 Å². The lowest BCUT2D eigenvalue weighted by molar-refractivity contribution is -0.385. The number of carbonyl (C=O) groups is 2. The van der Waals surface area contributed by atoms with Gasteiger partial charge < -0.3 is 4.74 Å². The molecule has 2 rings (SSSR count). The van der Waals surface area contributed by atoms with Gasteiger partial charge in [0.1, 0.15) is 0 Å². The van der Waals surface area contributed by atoms with E-state index in [0.29, 0.717) is 10.9 Å². The van der Waals surface area contributed by atoms with Gasteiger partial charge in [-0.3, -0.25) is 14.9 Å². The number of nitro benzene ring substituents is 1. The van der Waals surface area contributed by atoms with Crippen molar-refractivity contribution in [3.8, 4) is 0 Å². The zero-order chi connectivity index (χ0) is 17.0. The Morgan fingerprint density at radius 2 is 1.87 bits per heavy atom. The highest BCUT2D eigenvalue weighted by Crippen LogP contribution is 2.29. The van der Waals surface area contributed by atoms with Crippen LogP contribution in [0.5, 0.6) is 0 Å². The quantitative estimate of drug-likeness (QED) is 0.353. The van der Waals surface area contributed by atoms with Crippen LogP contribution in [-0.2, 0) is 20.7 Å². The van der Waals surface area contributed by atoms with Gasteiger partial charge >= 0.3 is 5.97 Å². The molecule has 0 aliphatic carbocycles. The molecule has 0 N–H and O–H groups in total. The van der Waals surface area contributed by atoms with E-state index in [0.717, 1.165) is 5.39 Å². The van der Waals surface area contributed by atoms with Crippen LogP contribution < -0.4 is 0 Å². The van der Waals surface area contributed by atoms with Crippen LogP contribution in [0.2, 0.25) is 0 Å². The number of esters is 1. The fourth-order valence-electron chi connectivity index (χ4n) is 2.38. The van der Waals surface area contributed by atoms with Gasteiger partial charge in [-0.1, -0.05) is 24.3 Å². The highest BCUT2D eigenvalue weighted by molar-refractivity contribution is 6.33. The van der Waals surface area contributed by atoms with Crippen molar-refractivity contribution in [3.63, 3.8) is 0 Å². The maximum Gasteiger partial charge on any atom is 0.374 e. The van der Waals surface area contributed by atoms with Crippen LogP contribution in [0.4, 0.5) is 5.69 Å². The molecule has 0 bridgehead atoms. The van der Waals surface area contributed by atoms with Crippen LogP contribution in [0, 0.1) is 10.1 Å². The average molecular weight is 315 g/mol. The smallest absolute Gasteiger partial charge is 0.374 e. The van der Waals surface area contributed by atoms with Crippen molar-refractivity contribution in [2.24, 2.45) is 0 Å². The van der Waals surface area contributed by atoms with Gasteiger partial charge in [-0.05, 0) is 37.1 Å². The van der Waals surface area contributed by atoms with Crippen molar-refractivity contribution >= 4 is 28.2 Å². The molecule has 0 amide bonds. The first kappa shape index (κ1) is 16.6. The topological polar surface area (TPSA) is 86.5 Å². The van der Waals surface area contributed by atoms with E-state index >= 15 is 0 Å². The Morgan fingerprint density at radius 1 is 1.17 bits per heavy atom. The van der Waals surface area contributed by atoms with E-state index in [1.807, 2.05) is 12.1 Å². The van der Waals surface area contributed by atoms with Crippen LogP contribution >= 0.6 is 0 Å². The van der Waals surface area contributed by atoms with Gasteiger partial charge in [0.2, 0.25) is 5.78 Å². The average Bonchev–Trinajstić information content (AvgIpc) is 2.51. The fraction of sp³-hybridized carbons (Fsp3) is 0.294. The molecule has 6 heteroatoms. The fourth-order valence-corrected chi connectivity index (χ4v) is 2.38. The van der Waals surface area contributed by atoms with E-state index in [1.165, 1.54) is 6.07 Å². The molecule has 0 radical (unpaired) electrons. The van der Waals surface area contributed by atoms with Gasteiger partial charge in [-0.25, -0.2) is 4.79 Å². The zero-order valence-corrected chi connectivity index (χ0v) is 12.9. The molecule has 0 spiro atoms. The number of aryl methyl sites for hydroxylation is 1.